The lowest BCUT2D eigenvalue weighted by Gasteiger charge is -2.13. The molecule has 1 N–H and O–H groups in total. The number of benzene rings is 1. The van der Waals surface area contributed by atoms with E-state index in [-0.39, 0.29) is 6.04 Å². The van der Waals surface area contributed by atoms with Crippen LogP contribution in [-0.2, 0) is 0 Å². The van der Waals surface area contributed by atoms with E-state index in [9.17, 15) is 0 Å². The number of thiazole rings is 1. The standard InChI is InChI=1S/C15H16N4OS/c1-3-16-13(11-7-5-4-6-8-11)15-19-18-14(20-15)12-9-21-10(2)17-12/h4-9,13,16H,3H2,1-2H3. The van der Waals surface area contributed by atoms with Gasteiger partial charge < -0.3 is 9.73 Å². The van der Waals surface area contributed by atoms with Crippen LogP contribution in [0, 0.1) is 6.92 Å². The van der Waals surface area contributed by atoms with Crippen LogP contribution in [0.1, 0.15) is 29.4 Å². The van der Waals surface area contributed by atoms with E-state index in [0.717, 1.165) is 22.8 Å². The molecule has 3 rings (SSSR count). The zero-order valence-electron chi connectivity index (χ0n) is 11.9. The quantitative estimate of drug-likeness (QED) is 0.784. The van der Waals surface area contributed by atoms with Gasteiger partial charge in [-0.25, -0.2) is 4.98 Å². The van der Waals surface area contributed by atoms with Gasteiger partial charge in [0, 0.05) is 5.38 Å². The van der Waals surface area contributed by atoms with Crippen molar-refractivity contribution >= 4 is 11.3 Å². The molecule has 5 nitrogen and oxygen atoms in total. The Morgan fingerprint density at radius 1 is 1.24 bits per heavy atom. The first kappa shape index (κ1) is 13.9. The summed E-state index contributed by atoms with van der Waals surface area (Å²) < 4.78 is 5.81. The smallest absolute Gasteiger partial charge is 0.267 e. The van der Waals surface area contributed by atoms with Crippen LogP contribution in [0.2, 0.25) is 0 Å². The minimum atomic E-state index is -0.0998. The third-order valence-corrected chi connectivity index (χ3v) is 3.84. The van der Waals surface area contributed by atoms with E-state index >= 15 is 0 Å². The molecule has 1 aromatic carbocycles. The second-order valence-corrected chi connectivity index (χ2v) is 5.66. The Morgan fingerprint density at radius 3 is 2.71 bits per heavy atom. The topological polar surface area (TPSA) is 63.8 Å². The molecule has 21 heavy (non-hydrogen) atoms. The molecule has 0 saturated carbocycles. The Kier molecular flexibility index (Phi) is 4.08. The predicted molar refractivity (Wildman–Crippen MR) is 82.1 cm³/mol. The van der Waals surface area contributed by atoms with E-state index in [1.807, 2.05) is 42.6 Å². The average Bonchev–Trinajstić information content (AvgIpc) is 3.14. The van der Waals surface area contributed by atoms with Gasteiger partial charge in [0.25, 0.3) is 5.89 Å². The van der Waals surface area contributed by atoms with E-state index in [1.54, 1.807) is 11.3 Å². The van der Waals surface area contributed by atoms with Crippen molar-refractivity contribution in [3.63, 3.8) is 0 Å². The first-order chi connectivity index (χ1) is 10.3. The fourth-order valence-electron chi connectivity index (χ4n) is 2.11. The lowest BCUT2D eigenvalue weighted by molar-refractivity contribution is 0.444. The maximum absolute atomic E-state index is 5.81. The second-order valence-electron chi connectivity index (χ2n) is 4.60. The molecule has 1 atom stereocenters. The summed E-state index contributed by atoms with van der Waals surface area (Å²) in [5, 5.41) is 14.6. The Hall–Kier alpha value is -2.05. The zero-order chi connectivity index (χ0) is 14.7. The van der Waals surface area contributed by atoms with Crippen molar-refractivity contribution in [2.75, 3.05) is 6.54 Å². The molecule has 1 unspecified atom stereocenters. The van der Waals surface area contributed by atoms with Crippen LogP contribution in [0.3, 0.4) is 0 Å². The fraction of sp³-hybridized carbons (Fsp3) is 0.267. The molecule has 0 fully saturated rings. The molecule has 0 aliphatic rings. The Balaban J connectivity index is 1.92. The molecule has 0 bridgehead atoms. The monoisotopic (exact) mass is 300 g/mol. The zero-order valence-corrected chi connectivity index (χ0v) is 12.7. The first-order valence-electron chi connectivity index (χ1n) is 6.82. The van der Waals surface area contributed by atoms with Gasteiger partial charge in [0.15, 0.2) is 0 Å². The highest BCUT2D eigenvalue weighted by atomic mass is 32.1. The minimum absolute atomic E-state index is 0.0998. The van der Waals surface area contributed by atoms with Gasteiger partial charge in [-0.3, -0.25) is 0 Å². The van der Waals surface area contributed by atoms with E-state index in [1.165, 1.54) is 0 Å². The van der Waals surface area contributed by atoms with Crippen LogP contribution >= 0.6 is 11.3 Å². The molecule has 0 aliphatic carbocycles. The fourth-order valence-corrected chi connectivity index (χ4v) is 2.70. The molecule has 0 radical (unpaired) electrons. The van der Waals surface area contributed by atoms with Gasteiger partial charge in [0.1, 0.15) is 11.7 Å². The average molecular weight is 300 g/mol. The Morgan fingerprint density at radius 2 is 2.05 bits per heavy atom. The van der Waals surface area contributed by atoms with Gasteiger partial charge >= 0.3 is 0 Å². The summed E-state index contributed by atoms with van der Waals surface area (Å²) in [6.45, 7) is 4.82. The lowest BCUT2D eigenvalue weighted by Crippen LogP contribution is -2.22. The van der Waals surface area contributed by atoms with Crippen molar-refractivity contribution in [1.82, 2.24) is 20.5 Å². The van der Waals surface area contributed by atoms with Gasteiger partial charge in [-0.1, -0.05) is 37.3 Å². The van der Waals surface area contributed by atoms with E-state index in [2.05, 4.69) is 27.4 Å². The lowest BCUT2D eigenvalue weighted by atomic mass is 10.1. The molecule has 3 aromatic rings. The van der Waals surface area contributed by atoms with Gasteiger partial charge in [-0.15, -0.1) is 21.5 Å². The molecular weight excluding hydrogens is 284 g/mol. The van der Waals surface area contributed by atoms with Crippen molar-refractivity contribution < 1.29 is 4.42 Å². The van der Waals surface area contributed by atoms with Crippen molar-refractivity contribution in [2.45, 2.75) is 19.9 Å². The predicted octanol–water partition coefficient (Wildman–Crippen LogP) is 3.20. The van der Waals surface area contributed by atoms with Gasteiger partial charge in [0.05, 0.1) is 5.01 Å². The Labute approximate surface area is 127 Å². The number of hydrogen-bond acceptors (Lipinski definition) is 6. The third kappa shape index (κ3) is 3.01. The normalized spacial score (nSPS) is 12.5. The van der Waals surface area contributed by atoms with Crippen LogP contribution < -0.4 is 5.32 Å². The summed E-state index contributed by atoms with van der Waals surface area (Å²) >= 11 is 1.57. The van der Waals surface area contributed by atoms with Crippen LogP contribution in [0.5, 0.6) is 0 Å². The number of nitrogens with one attached hydrogen (secondary N) is 1. The van der Waals surface area contributed by atoms with E-state index in [4.69, 9.17) is 4.42 Å². The minimum Gasteiger partial charge on any atom is -0.417 e. The van der Waals surface area contributed by atoms with Crippen LogP contribution in [0.15, 0.2) is 40.1 Å². The van der Waals surface area contributed by atoms with Gasteiger partial charge in [0.2, 0.25) is 5.89 Å². The third-order valence-electron chi connectivity index (χ3n) is 3.07. The van der Waals surface area contributed by atoms with E-state index in [0.29, 0.717) is 11.8 Å². The molecule has 108 valence electrons. The highest BCUT2D eigenvalue weighted by molar-refractivity contribution is 7.09. The summed E-state index contributed by atoms with van der Waals surface area (Å²) in [5.74, 6) is 1.02. The maximum Gasteiger partial charge on any atom is 0.267 e. The number of hydrogen-bond donors (Lipinski definition) is 1. The molecule has 0 aliphatic heterocycles. The number of nitrogens with zero attached hydrogens (tertiary/aromatic N) is 3. The van der Waals surface area contributed by atoms with Gasteiger partial charge in [-0.2, -0.15) is 0 Å². The van der Waals surface area contributed by atoms with Crippen LogP contribution in [0.4, 0.5) is 0 Å². The SMILES string of the molecule is CCNC(c1ccccc1)c1nnc(-c2csc(C)n2)o1. The van der Waals surface area contributed by atoms with Crippen LogP contribution in [0.25, 0.3) is 11.6 Å². The summed E-state index contributed by atoms with van der Waals surface area (Å²) in [5.41, 5.74) is 1.84. The van der Waals surface area contributed by atoms with Crippen molar-refractivity contribution in [2.24, 2.45) is 0 Å². The van der Waals surface area contributed by atoms with Crippen molar-refractivity contribution in [3.8, 4) is 11.6 Å². The summed E-state index contributed by atoms with van der Waals surface area (Å²) in [6, 6.07) is 9.98. The molecule has 2 aromatic heterocycles. The summed E-state index contributed by atoms with van der Waals surface area (Å²) in [7, 11) is 0. The number of aromatic nitrogens is 3. The van der Waals surface area contributed by atoms with Crippen molar-refractivity contribution in [3.05, 3.63) is 52.2 Å². The number of aryl methyl sites for hydroxylation is 1. The molecular formula is C15H16N4OS. The number of rotatable bonds is 5. The van der Waals surface area contributed by atoms with Crippen LogP contribution in [-0.4, -0.2) is 21.7 Å². The molecule has 2 heterocycles. The molecule has 0 saturated heterocycles. The van der Waals surface area contributed by atoms with Gasteiger partial charge in [-0.05, 0) is 19.0 Å². The molecule has 0 spiro atoms. The molecule has 6 heteroatoms. The second kappa shape index (κ2) is 6.15. The van der Waals surface area contributed by atoms with E-state index < -0.39 is 0 Å². The highest BCUT2D eigenvalue weighted by Gasteiger charge is 2.20. The van der Waals surface area contributed by atoms with Crippen molar-refractivity contribution in [1.29, 1.82) is 0 Å². The summed E-state index contributed by atoms with van der Waals surface area (Å²) in [4.78, 5) is 4.37. The first-order valence-corrected chi connectivity index (χ1v) is 7.70. The maximum atomic E-state index is 5.81. The highest BCUT2D eigenvalue weighted by Crippen LogP contribution is 2.25. The Bertz CT molecular complexity index is 707. The molecule has 0 amide bonds. The largest absolute Gasteiger partial charge is 0.417 e. The summed E-state index contributed by atoms with van der Waals surface area (Å²) in [6.07, 6.45) is 0.